The summed E-state index contributed by atoms with van der Waals surface area (Å²) < 4.78 is 10.5. The molecule has 6 aromatic rings. The SMILES string of the molecule is Cc1nn(-c2ccccc2)c2c1C(c1c[nH]c3ccccc13)c1c(C)nn(-c3ccccc3)c1O2. The van der Waals surface area contributed by atoms with Crippen LogP contribution in [0.5, 0.6) is 11.8 Å². The van der Waals surface area contributed by atoms with Crippen LogP contribution in [0.4, 0.5) is 0 Å². The average molecular weight is 458 g/mol. The summed E-state index contributed by atoms with van der Waals surface area (Å²) in [4.78, 5) is 3.47. The molecule has 3 aromatic carbocycles. The molecule has 0 saturated carbocycles. The molecule has 0 radical (unpaired) electrons. The van der Waals surface area contributed by atoms with E-state index in [-0.39, 0.29) is 5.92 Å². The zero-order valence-electron chi connectivity index (χ0n) is 19.4. The van der Waals surface area contributed by atoms with E-state index >= 15 is 0 Å². The van der Waals surface area contributed by atoms with Crippen LogP contribution >= 0.6 is 0 Å². The normalized spacial score (nSPS) is 13.0. The van der Waals surface area contributed by atoms with Crippen molar-refractivity contribution >= 4 is 10.9 Å². The molecule has 0 atom stereocenters. The Morgan fingerprint density at radius 3 is 1.77 bits per heavy atom. The lowest BCUT2D eigenvalue weighted by atomic mass is 9.83. The lowest BCUT2D eigenvalue weighted by molar-refractivity contribution is 0.392. The number of nitrogens with zero attached hydrogens (tertiary/aromatic N) is 4. The molecule has 0 spiro atoms. The molecule has 0 saturated heterocycles. The number of benzene rings is 3. The average Bonchev–Trinajstić information content (AvgIpc) is 3.58. The Morgan fingerprint density at radius 2 is 1.20 bits per heavy atom. The third-order valence-electron chi connectivity index (χ3n) is 6.83. The molecule has 35 heavy (non-hydrogen) atoms. The predicted octanol–water partition coefficient (Wildman–Crippen LogP) is 6.44. The van der Waals surface area contributed by atoms with Crippen molar-refractivity contribution in [3.63, 3.8) is 0 Å². The molecule has 4 heterocycles. The maximum Gasteiger partial charge on any atom is 0.229 e. The van der Waals surface area contributed by atoms with E-state index in [0.717, 1.165) is 51.2 Å². The molecule has 0 bridgehead atoms. The first-order valence-electron chi connectivity index (χ1n) is 11.7. The van der Waals surface area contributed by atoms with Crippen molar-refractivity contribution in [3.05, 3.63) is 119 Å². The van der Waals surface area contributed by atoms with Crippen LogP contribution in [0.15, 0.2) is 91.1 Å². The first kappa shape index (κ1) is 19.9. The van der Waals surface area contributed by atoms with Crippen molar-refractivity contribution < 1.29 is 4.74 Å². The third kappa shape index (κ3) is 2.89. The molecule has 6 nitrogen and oxygen atoms in total. The van der Waals surface area contributed by atoms with E-state index < -0.39 is 0 Å². The van der Waals surface area contributed by atoms with Crippen molar-refractivity contribution in [2.75, 3.05) is 0 Å². The summed E-state index contributed by atoms with van der Waals surface area (Å²) in [6.07, 6.45) is 2.12. The smallest absolute Gasteiger partial charge is 0.229 e. The number of fused-ring (bicyclic) bond motifs is 3. The molecule has 1 N–H and O–H groups in total. The Morgan fingerprint density at radius 1 is 0.686 bits per heavy atom. The highest BCUT2D eigenvalue weighted by Gasteiger charge is 2.40. The second kappa shape index (κ2) is 7.46. The van der Waals surface area contributed by atoms with E-state index in [1.165, 1.54) is 10.9 Å². The Kier molecular flexibility index (Phi) is 4.23. The van der Waals surface area contributed by atoms with E-state index in [1.807, 2.05) is 70.0 Å². The first-order valence-corrected chi connectivity index (χ1v) is 11.7. The Hall–Kier alpha value is -4.58. The molecule has 1 aliphatic heterocycles. The maximum absolute atomic E-state index is 6.72. The summed E-state index contributed by atoms with van der Waals surface area (Å²) in [7, 11) is 0. The molecule has 6 heteroatoms. The number of aromatic nitrogens is 5. The number of H-pyrrole nitrogens is 1. The minimum atomic E-state index is -0.0696. The molecule has 7 rings (SSSR count). The number of rotatable bonds is 3. The van der Waals surface area contributed by atoms with Crippen molar-refractivity contribution in [3.8, 4) is 23.1 Å². The molecular formula is C29H23N5O. The number of nitrogens with one attached hydrogen (secondary N) is 1. The lowest BCUT2D eigenvalue weighted by Gasteiger charge is -2.25. The second-order valence-corrected chi connectivity index (χ2v) is 8.93. The minimum absolute atomic E-state index is 0.0696. The van der Waals surface area contributed by atoms with Gasteiger partial charge in [-0.2, -0.15) is 10.2 Å². The number of hydrogen-bond acceptors (Lipinski definition) is 3. The predicted molar refractivity (Wildman–Crippen MR) is 136 cm³/mol. The van der Waals surface area contributed by atoms with Gasteiger partial charge >= 0.3 is 0 Å². The summed E-state index contributed by atoms with van der Waals surface area (Å²) in [5.41, 5.74) is 8.24. The zero-order valence-corrected chi connectivity index (χ0v) is 19.4. The summed E-state index contributed by atoms with van der Waals surface area (Å²) in [6, 6.07) is 28.7. The highest BCUT2D eigenvalue weighted by Crippen LogP contribution is 2.52. The Bertz CT molecular complexity index is 1600. The highest BCUT2D eigenvalue weighted by atomic mass is 16.5. The molecule has 1 aliphatic rings. The molecule has 3 aromatic heterocycles. The summed E-state index contributed by atoms with van der Waals surface area (Å²) in [5.74, 6) is 1.39. The van der Waals surface area contributed by atoms with Crippen LogP contribution in [0.3, 0.4) is 0 Å². The fourth-order valence-electron chi connectivity index (χ4n) is 5.27. The molecule has 0 aliphatic carbocycles. The van der Waals surface area contributed by atoms with Gasteiger partial charge < -0.3 is 9.72 Å². The number of aryl methyl sites for hydroxylation is 2. The van der Waals surface area contributed by atoms with Gasteiger partial charge in [0, 0.05) is 17.1 Å². The van der Waals surface area contributed by atoms with Crippen molar-refractivity contribution in [1.82, 2.24) is 24.5 Å². The van der Waals surface area contributed by atoms with Crippen molar-refractivity contribution in [2.45, 2.75) is 19.8 Å². The molecule has 0 amide bonds. The van der Waals surface area contributed by atoms with Crippen LogP contribution in [0.25, 0.3) is 22.3 Å². The van der Waals surface area contributed by atoms with Gasteiger partial charge in [0.25, 0.3) is 0 Å². The van der Waals surface area contributed by atoms with Gasteiger partial charge in [-0.3, -0.25) is 0 Å². The van der Waals surface area contributed by atoms with Crippen LogP contribution in [0.2, 0.25) is 0 Å². The van der Waals surface area contributed by atoms with Gasteiger partial charge in [-0.25, -0.2) is 9.36 Å². The van der Waals surface area contributed by atoms with E-state index in [0.29, 0.717) is 0 Å². The van der Waals surface area contributed by atoms with Gasteiger partial charge in [0.15, 0.2) is 0 Å². The maximum atomic E-state index is 6.72. The van der Waals surface area contributed by atoms with Crippen LogP contribution in [-0.4, -0.2) is 24.5 Å². The fraction of sp³-hybridized carbons (Fsp3) is 0.103. The first-order chi connectivity index (χ1) is 17.2. The van der Waals surface area contributed by atoms with Gasteiger partial charge in [-0.1, -0.05) is 54.6 Å². The van der Waals surface area contributed by atoms with Crippen molar-refractivity contribution in [1.29, 1.82) is 0 Å². The summed E-state index contributed by atoms with van der Waals surface area (Å²) in [5, 5.41) is 11.1. The number of para-hydroxylation sites is 3. The van der Waals surface area contributed by atoms with Crippen LogP contribution in [-0.2, 0) is 0 Å². The van der Waals surface area contributed by atoms with E-state index in [4.69, 9.17) is 14.9 Å². The summed E-state index contributed by atoms with van der Waals surface area (Å²) in [6.45, 7) is 4.12. The van der Waals surface area contributed by atoms with E-state index in [9.17, 15) is 0 Å². The van der Waals surface area contributed by atoms with Crippen LogP contribution in [0.1, 0.15) is 34.0 Å². The fourth-order valence-corrected chi connectivity index (χ4v) is 5.27. The topological polar surface area (TPSA) is 60.7 Å². The summed E-state index contributed by atoms with van der Waals surface area (Å²) >= 11 is 0. The largest absolute Gasteiger partial charge is 0.420 e. The van der Waals surface area contributed by atoms with E-state index in [1.54, 1.807) is 0 Å². The molecule has 0 fully saturated rings. The number of aromatic amines is 1. The second-order valence-electron chi connectivity index (χ2n) is 8.93. The van der Waals surface area contributed by atoms with Gasteiger partial charge in [-0.15, -0.1) is 0 Å². The van der Waals surface area contributed by atoms with Crippen LogP contribution in [0, 0.1) is 13.8 Å². The molecule has 0 unspecified atom stereocenters. The van der Waals surface area contributed by atoms with Crippen LogP contribution < -0.4 is 4.74 Å². The Balaban J connectivity index is 1.54. The van der Waals surface area contributed by atoms with E-state index in [2.05, 4.69) is 49.3 Å². The van der Waals surface area contributed by atoms with Gasteiger partial charge in [0.2, 0.25) is 11.8 Å². The van der Waals surface area contributed by atoms with Gasteiger partial charge in [0.05, 0.1) is 39.8 Å². The molecule has 170 valence electrons. The third-order valence-corrected chi connectivity index (χ3v) is 6.83. The number of ether oxygens (including phenoxy) is 1. The van der Waals surface area contributed by atoms with Gasteiger partial charge in [-0.05, 0) is 49.7 Å². The molecular weight excluding hydrogens is 434 g/mol. The Labute approximate surface area is 202 Å². The quantitative estimate of drug-likeness (QED) is 0.332. The minimum Gasteiger partial charge on any atom is -0.420 e. The lowest BCUT2D eigenvalue weighted by Crippen LogP contribution is -2.14. The monoisotopic (exact) mass is 457 g/mol. The standard InChI is InChI=1S/C29H23N5O/c1-18-25-27(23-17-30-24-16-10-9-15-22(23)24)26-19(2)32-34(21-13-7-4-8-14-21)29(26)35-28(25)33(31-18)20-11-5-3-6-12-20/h3-17,27,30H,1-2H3. The van der Waals surface area contributed by atoms with Gasteiger partial charge in [0.1, 0.15) is 0 Å². The van der Waals surface area contributed by atoms with Crippen molar-refractivity contribution in [2.24, 2.45) is 0 Å². The number of hydrogen-bond donors (Lipinski definition) is 1. The zero-order chi connectivity index (χ0) is 23.5. The highest BCUT2D eigenvalue weighted by molar-refractivity contribution is 5.85.